The van der Waals surface area contributed by atoms with Gasteiger partial charge >= 0.3 is 6.36 Å². The van der Waals surface area contributed by atoms with Gasteiger partial charge in [-0.05, 0) is 56.9 Å². The number of aliphatic hydroxyl groups excluding tert-OH is 3. The van der Waals surface area contributed by atoms with E-state index >= 15 is 0 Å². The molecule has 2 saturated carbocycles. The van der Waals surface area contributed by atoms with Crippen LogP contribution in [0.25, 0.3) is 20.8 Å². The summed E-state index contributed by atoms with van der Waals surface area (Å²) in [6.07, 6.45) is -2.64. The van der Waals surface area contributed by atoms with Crippen LogP contribution in [-0.4, -0.2) is 66.5 Å². The van der Waals surface area contributed by atoms with Crippen LogP contribution >= 0.6 is 11.3 Å². The molecule has 3 aromatic heterocycles. The Labute approximate surface area is 249 Å². The summed E-state index contributed by atoms with van der Waals surface area (Å²) in [5.74, 6) is 0.320. The molecule has 10 nitrogen and oxygen atoms in total. The van der Waals surface area contributed by atoms with Gasteiger partial charge in [0.15, 0.2) is 0 Å². The fourth-order valence-corrected chi connectivity index (χ4v) is 6.49. The van der Waals surface area contributed by atoms with Gasteiger partial charge in [0.1, 0.15) is 28.2 Å². The van der Waals surface area contributed by atoms with E-state index in [1.807, 2.05) is 13.8 Å². The van der Waals surface area contributed by atoms with Gasteiger partial charge in [-0.1, -0.05) is 12.1 Å². The largest absolute Gasteiger partial charge is 0.573 e. The van der Waals surface area contributed by atoms with Crippen molar-refractivity contribution in [2.45, 2.75) is 69.7 Å². The maximum absolute atomic E-state index is 12.6. The first kappa shape index (κ1) is 29.5. The van der Waals surface area contributed by atoms with Crippen molar-refractivity contribution in [1.29, 1.82) is 0 Å². The van der Waals surface area contributed by atoms with Gasteiger partial charge in [-0.2, -0.15) is 4.98 Å². The van der Waals surface area contributed by atoms with Gasteiger partial charge in [-0.3, -0.25) is 4.98 Å². The van der Waals surface area contributed by atoms with Crippen molar-refractivity contribution in [2.24, 2.45) is 5.92 Å². The second-order valence-electron chi connectivity index (χ2n) is 11.1. The van der Waals surface area contributed by atoms with Crippen LogP contribution in [0, 0.1) is 12.8 Å². The van der Waals surface area contributed by atoms with Crippen LogP contribution in [0.3, 0.4) is 0 Å². The van der Waals surface area contributed by atoms with Crippen molar-refractivity contribution in [1.82, 2.24) is 19.9 Å². The van der Waals surface area contributed by atoms with Gasteiger partial charge in [-0.25, -0.2) is 9.97 Å². The van der Waals surface area contributed by atoms with Crippen LogP contribution in [0.5, 0.6) is 5.75 Å². The fraction of sp³-hybridized carbons (Fsp3) is 0.448. The van der Waals surface area contributed by atoms with Crippen LogP contribution in [0.15, 0.2) is 36.5 Å². The Morgan fingerprint density at radius 2 is 1.84 bits per heavy atom. The number of aromatic nitrogens is 4. The van der Waals surface area contributed by atoms with E-state index < -0.39 is 30.5 Å². The molecule has 0 radical (unpaired) electrons. The number of aryl methyl sites for hydroxylation is 1. The Morgan fingerprint density at radius 3 is 2.49 bits per heavy atom. The number of ether oxygens (including phenoxy) is 1. The number of anilines is 2. The lowest BCUT2D eigenvalue weighted by atomic mass is 10.1. The van der Waals surface area contributed by atoms with E-state index in [-0.39, 0.29) is 24.3 Å². The number of halogens is 3. The molecule has 0 saturated heterocycles. The van der Waals surface area contributed by atoms with Crippen molar-refractivity contribution in [3.63, 3.8) is 0 Å². The number of nitrogens with one attached hydrogen (secondary N) is 2. The van der Waals surface area contributed by atoms with Crippen LogP contribution in [0.4, 0.5) is 24.9 Å². The first-order valence-corrected chi connectivity index (χ1v) is 14.8. The molecule has 0 aliphatic heterocycles. The quantitative estimate of drug-likeness (QED) is 0.176. The van der Waals surface area contributed by atoms with E-state index in [0.717, 1.165) is 28.8 Å². The SMILES string of the molecule is Cc1nc(N[C@H](C)c2ccc(OC(F)(F)F)cc2)nc(N[C@@H]2C[C@H](CO)[C@@H](O)[C@H]2O)c1-c1nc2cnc(C3CC3)cc2s1. The zero-order valence-corrected chi connectivity index (χ0v) is 24.2. The van der Waals surface area contributed by atoms with Crippen molar-refractivity contribution < 1.29 is 33.2 Å². The maximum atomic E-state index is 12.6. The summed E-state index contributed by atoms with van der Waals surface area (Å²) in [6, 6.07) is 6.62. The van der Waals surface area contributed by atoms with E-state index in [1.54, 1.807) is 6.20 Å². The molecule has 5 atom stereocenters. The molecular weight excluding hydrogens is 585 g/mol. The molecule has 6 rings (SSSR count). The van der Waals surface area contributed by atoms with Crippen molar-refractivity contribution in [3.05, 3.63) is 53.5 Å². The van der Waals surface area contributed by atoms with Crippen molar-refractivity contribution in [3.8, 4) is 16.3 Å². The van der Waals surface area contributed by atoms with Crippen LogP contribution in [-0.2, 0) is 0 Å². The molecule has 0 spiro atoms. The summed E-state index contributed by atoms with van der Waals surface area (Å²) in [6.45, 7) is 3.37. The first-order chi connectivity index (χ1) is 20.5. The summed E-state index contributed by atoms with van der Waals surface area (Å²) in [5.41, 5.74) is 3.72. The lowest BCUT2D eigenvalue weighted by molar-refractivity contribution is -0.274. The van der Waals surface area contributed by atoms with Gasteiger partial charge < -0.3 is 30.7 Å². The third-order valence-electron chi connectivity index (χ3n) is 7.91. The zero-order chi connectivity index (χ0) is 30.5. The van der Waals surface area contributed by atoms with Gasteiger partial charge in [0, 0.05) is 24.1 Å². The third-order valence-corrected chi connectivity index (χ3v) is 8.95. The number of benzene rings is 1. The summed E-state index contributed by atoms with van der Waals surface area (Å²) < 4.78 is 42.6. The smallest absolute Gasteiger partial charge is 0.406 e. The van der Waals surface area contributed by atoms with Gasteiger partial charge in [0.25, 0.3) is 0 Å². The highest BCUT2D eigenvalue weighted by Crippen LogP contribution is 2.42. The van der Waals surface area contributed by atoms with E-state index in [2.05, 4.69) is 31.4 Å². The number of nitrogens with zero attached hydrogens (tertiary/aromatic N) is 4. The van der Waals surface area contributed by atoms with Crippen LogP contribution in [0.2, 0.25) is 0 Å². The van der Waals surface area contributed by atoms with Crippen LogP contribution in [0.1, 0.15) is 55.1 Å². The molecule has 4 aromatic rings. The highest BCUT2D eigenvalue weighted by Gasteiger charge is 2.41. The van der Waals surface area contributed by atoms with Gasteiger partial charge in [-0.15, -0.1) is 24.5 Å². The number of rotatable bonds is 9. The van der Waals surface area contributed by atoms with Crippen molar-refractivity contribution in [2.75, 3.05) is 17.2 Å². The van der Waals surface area contributed by atoms with E-state index in [0.29, 0.717) is 40.0 Å². The number of alkyl halides is 3. The Bertz CT molecular complexity index is 1610. The number of thiazole rings is 1. The minimum Gasteiger partial charge on any atom is -0.406 e. The standard InChI is InChI=1S/C29H31F3N6O4S/c1-13(15-5-7-18(8-6-15)42-29(30,31)32)34-28-35-14(2)23(26(38-28)36-20-9-17(12-39)24(40)25(20)41)27-37-21-11-33-19(16-3-4-16)10-22(21)43-27/h5-8,10-11,13,16-17,20,24-25,39-41H,3-4,9,12H2,1-2H3,(H2,34,35,36,38)/t13-,17-,20-,24-,25+/m1/s1. The molecule has 0 bridgehead atoms. The van der Waals surface area contributed by atoms with Crippen molar-refractivity contribution >= 4 is 33.3 Å². The van der Waals surface area contributed by atoms with Gasteiger partial charge in [0.05, 0.1) is 40.3 Å². The molecule has 228 valence electrons. The summed E-state index contributed by atoms with van der Waals surface area (Å²) in [4.78, 5) is 18.8. The molecule has 2 aliphatic rings. The number of hydrogen-bond donors (Lipinski definition) is 5. The highest BCUT2D eigenvalue weighted by molar-refractivity contribution is 7.21. The number of aliphatic hydroxyl groups is 3. The highest BCUT2D eigenvalue weighted by atomic mass is 32.1. The molecule has 14 heteroatoms. The fourth-order valence-electron chi connectivity index (χ4n) is 5.41. The Morgan fingerprint density at radius 1 is 1.09 bits per heavy atom. The first-order valence-electron chi connectivity index (χ1n) is 14.0. The average Bonchev–Trinajstić information content (AvgIpc) is 3.66. The molecule has 2 aliphatic carbocycles. The number of pyridine rings is 1. The van der Waals surface area contributed by atoms with E-state index in [1.165, 1.54) is 35.6 Å². The predicted octanol–water partition coefficient (Wildman–Crippen LogP) is 4.92. The normalized spacial score (nSPS) is 23.0. The average molecular weight is 617 g/mol. The molecule has 3 heterocycles. The molecule has 0 unspecified atom stereocenters. The minimum absolute atomic E-state index is 0.248. The minimum atomic E-state index is -4.78. The van der Waals surface area contributed by atoms with E-state index in [4.69, 9.17) is 9.97 Å². The van der Waals surface area contributed by atoms with Gasteiger partial charge in [0.2, 0.25) is 5.95 Å². The van der Waals surface area contributed by atoms with E-state index in [9.17, 15) is 28.5 Å². The molecular formula is C29H31F3N6O4S. The molecule has 1 aromatic carbocycles. The lowest BCUT2D eigenvalue weighted by Crippen LogP contribution is -2.35. The summed E-state index contributed by atoms with van der Waals surface area (Å²) in [7, 11) is 0. The topological polar surface area (TPSA) is 146 Å². The molecule has 0 amide bonds. The monoisotopic (exact) mass is 616 g/mol. The van der Waals surface area contributed by atoms with Crippen LogP contribution < -0.4 is 15.4 Å². The third kappa shape index (κ3) is 6.37. The molecule has 5 N–H and O–H groups in total. The number of fused-ring (bicyclic) bond motifs is 1. The Kier molecular flexibility index (Phi) is 7.87. The summed E-state index contributed by atoms with van der Waals surface area (Å²) in [5, 5.41) is 38.0. The maximum Gasteiger partial charge on any atom is 0.573 e. The predicted molar refractivity (Wildman–Crippen MR) is 155 cm³/mol. The zero-order valence-electron chi connectivity index (χ0n) is 23.3. The molecule has 43 heavy (non-hydrogen) atoms. The lowest BCUT2D eigenvalue weighted by Gasteiger charge is -2.22. The second kappa shape index (κ2) is 11.5. The Hall–Kier alpha value is -3.59. The Balaban J connectivity index is 1.32. The molecule has 2 fully saturated rings. The number of hydrogen-bond acceptors (Lipinski definition) is 11. The second-order valence-corrected chi connectivity index (χ2v) is 12.2. The summed E-state index contributed by atoms with van der Waals surface area (Å²) >= 11 is 1.49.